The van der Waals surface area contributed by atoms with Gasteiger partial charge in [0.05, 0.1) is 23.1 Å². The van der Waals surface area contributed by atoms with Gasteiger partial charge in [0.25, 0.3) is 5.91 Å². The van der Waals surface area contributed by atoms with Gasteiger partial charge in [0, 0.05) is 24.3 Å². The number of carbonyl (C=O) groups is 1. The van der Waals surface area contributed by atoms with Gasteiger partial charge < -0.3 is 10.2 Å². The van der Waals surface area contributed by atoms with Crippen LogP contribution in [-0.2, 0) is 9.84 Å². The lowest BCUT2D eigenvalue weighted by atomic mass is 10.2. The third-order valence-electron chi connectivity index (χ3n) is 4.57. The molecule has 1 aromatic carbocycles. The van der Waals surface area contributed by atoms with Gasteiger partial charge >= 0.3 is 0 Å². The summed E-state index contributed by atoms with van der Waals surface area (Å²) in [7, 11) is -3.10. The molecule has 0 aliphatic carbocycles. The molecule has 1 aromatic heterocycles. The molecule has 2 aromatic rings. The van der Waals surface area contributed by atoms with Crippen LogP contribution in [0.4, 0.5) is 11.5 Å². The van der Waals surface area contributed by atoms with Gasteiger partial charge in [-0.15, -0.1) is 0 Å². The number of amides is 1. The minimum atomic E-state index is -3.10. The molecule has 0 spiro atoms. The zero-order valence-electron chi connectivity index (χ0n) is 15.7. The highest BCUT2D eigenvalue weighted by Gasteiger charge is 2.34. The first-order valence-corrected chi connectivity index (χ1v) is 10.8. The molecule has 0 bridgehead atoms. The fourth-order valence-electron chi connectivity index (χ4n) is 3.29. The fraction of sp³-hybridized carbons (Fsp3) is 0.368. The molecular formula is C19H21N5O3S. The number of nitrogens with zero attached hydrogens (tertiary/aromatic N) is 4. The molecule has 1 fully saturated rings. The van der Waals surface area contributed by atoms with Crippen LogP contribution in [0.3, 0.4) is 0 Å². The highest BCUT2D eigenvalue weighted by atomic mass is 32.2. The number of nitrogens with one attached hydrogen (secondary N) is 1. The minimum Gasteiger partial charge on any atom is -0.340 e. The van der Waals surface area contributed by atoms with Crippen molar-refractivity contribution in [3.8, 4) is 6.07 Å². The maximum atomic E-state index is 13.0. The summed E-state index contributed by atoms with van der Waals surface area (Å²) in [6.07, 6.45) is 0.442. The van der Waals surface area contributed by atoms with E-state index in [1.807, 2.05) is 6.92 Å². The number of nitriles is 1. The van der Waals surface area contributed by atoms with Crippen LogP contribution in [0.15, 0.2) is 30.3 Å². The van der Waals surface area contributed by atoms with Crippen molar-refractivity contribution in [3.05, 3.63) is 47.4 Å². The molecule has 8 nitrogen and oxygen atoms in total. The number of aryl methyl sites for hydroxylation is 1. The number of hydrogen-bond acceptors (Lipinski definition) is 7. The largest absolute Gasteiger partial charge is 0.340 e. The number of sulfone groups is 1. The van der Waals surface area contributed by atoms with E-state index < -0.39 is 9.84 Å². The second-order valence-electron chi connectivity index (χ2n) is 6.65. The number of rotatable bonds is 5. The van der Waals surface area contributed by atoms with E-state index in [9.17, 15) is 13.2 Å². The summed E-state index contributed by atoms with van der Waals surface area (Å²) in [4.78, 5) is 23.1. The molecular weight excluding hydrogens is 378 g/mol. The van der Waals surface area contributed by atoms with Crippen LogP contribution < -0.4 is 5.32 Å². The molecule has 1 aliphatic rings. The Bertz CT molecular complexity index is 1050. The normalized spacial score (nSPS) is 17.7. The molecule has 28 heavy (non-hydrogen) atoms. The Morgan fingerprint density at radius 1 is 1.36 bits per heavy atom. The standard InChI is InChI=1S/C19H21N5O3S/c1-3-24(16-7-8-28(26,27)12-16)19(25)17-10-18(22-13(2)21-17)23-15-6-4-5-14(9-15)11-20/h4-6,9-10,16H,3,7-8,12H2,1-2H3,(H,21,22,23). The quantitative estimate of drug-likeness (QED) is 0.818. The fourth-order valence-corrected chi connectivity index (χ4v) is 5.02. The number of aromatic nitrogens is 2. The predicted octanol–water partition coefficient (Wildman–Crippen LogP) is 2.05. The summed E-state index contributed by atoms with van der Waals surface area (Å²) in [5, 5.41) is 12.1. The predicted molar refractivity (Wildman–Crippen MR) is 105 cm³/mol. The molecule has 1 amide bonds. The van der Waals surface area contributed by atoms with Crippen molar-refractivity contribution in [1.82, 2.24) is 14.9 Å². The second-order valence-corrected chi connectivity index (χ2v) is 8.88. The lowest BCUT2D eigenvalue weighted by Gasteiger charge is -2.26. The van der Waals surface area contributed by atoms with E-state index in [4.69, 9.17) is 5.26 Å². The third-order valence-corrected chi connectivity index (χ3v) is 6.32. The third kappa shape index (κ3) is 4.46. The van der Waals surface area contributed by atoms with Crippen molar-refractivity contribution in [3.63, 3.8) is 0 Å². The Morgan fingerprint density at radius 3 is 2.79 bits per heavy atom. The molecule has 0 radical (unpaired) electrons. The summed E-state index contributed by atoms with van der Waals surface area (Å²) < 4.78 is 23.6. The Morgan fingerprint density at radius 2 is 2.14 bits per heavy atom. The number of anilines is 2. The van der Waals surface area contributed by atoms with Crippen molar-refractivity contribution >= 4 is 27.2 Å². The first kappa shape index (κ1) is 19.8. The minimum absolute atomic E-state index is 0.0112. The van der Waals surface area contributed by atoms with E-state index in [0.29, 0.717) is 35.9 Å². The van der Waals surface area contributed by atoms with E-state index in [2.05, 4.69) is 21.4 Å². The van der Waals surface area contributed by atoms with Crippen molar-refractivity contribution in [2.45, 2.75) is 26.3 Å². The molecule has 1 saturated heterocycles. The van der Waals surface area contributed by atoms with E-state index in [0.717, 1.165) is 0 Å². The van der Waals surface area contributed by atoms with E-state index in [1.165, 1.54) is 0 Å². The monoisotopic (exact) mass is 399 g/mol. The summed E-state index contributed by atoms with van der Waals surface area (Å²) >= 11 is 0. The van der Waals surface area contributed by atoms with Gasteiger partial charge in [-0.05, 0) is 38.5 Å². The summed E-state index contributed by atoms with van der Waals surface area (Å²) in [6, 6.07) is 10.2. The Kier molecular flexibility index (Phi) is 5.61. The van der Waals surface area contributed by atoms with Crippen LogP contribution in [0.2, 0.25) is 0 Å². The molecule has 9 heteroatoms. The van der Waals surface area contributed by atoms with Crippen LogP contribution in [0.1, 0.15) is 35.2 Å². The first-order valence-electron chi connectivity index (χ1n) is 8.95. The van der Waals surface area contributed by atoms with Gasteiger partial charge in [-0.2, -0.15) is 5.26 Å². The zero-order valence-corrected chi connectivity index (χ0v) is 16.5. The second kappa shape index (κ2) is 7.94. The summed E-state index contributed by atoms with van der Waals surface area (Å²) in [5.74, 6) is 0.625. The van der Waals surface area contributed by atoms with E-state index in [1.54, 1.807) is 42.2 Å². The average molecular weight is 399 g/mol. The molecule has 0 saturated carbocycles. The number of hydrogen-bond donors (Lipinski definition) is 1. The molecule has 2 heterocycles. The lowest BCUT2D eigenvalue weighted by molar-refractivity contribution is 0.0702. The Balaban J connectivity index is 1.85. The van der Waals surface area contributed by atoms with Gasteiger partial charge in [-0.25, -0.2) is 18.4 Å². The van der Waals surface area contributed by atoms with Crippen molar-refractivity contribution in [1.29, 1.82) is 5.26 Å². The highest BCUT2D eigenvalue weighted by Crippen LogP contribution is 2.21. The molecule has 1 aliphatic heterocycles. The molecule has 3 rings (SSSR count). The van der Waals surface area contributed by atoms with Crippen molar-refractivity contribution in [2.75, 3.05) is 23.4 Å². The van der Waals surface area contributed by atoms with Gasteiger partial charge in [0.1, 0.15) is 17.3 Å². The van der Waals surface area contributed by atoms with E-state index >= 15 is 0 Å². The molecule has 146 valence electrons. The topological polar surface area (TPSA) is 116 Å². The van der Waals surface area contributed by atoms with Crippen molar-refractivity contribution in [2.24, 2.45) is 0 Å². The van der Waals surface area contributed by atoms with E-state index in [-0.39, 0.29) is 29.1 Å². The molecule has 1 unspecified atom stereocenters. The maximum Gasteiger partial charge on any atom is 0.272 e. The summed E-state index contributed by atoms with van der Waals surface area (Å²) in [6.45, 7) is 3.91. The van der Waals surface area contributed by atoms with Crippen LogP contribution in [0, 0.1) is 18.3 Å². The lowest BCUT2D eigenvalue weighted by Crippen LogP contribution is -2.41. The van der Waals surface area contributed by atoms with Crippen LogP contribution in [-0.4, -0.2) is 53.3 Å². The average Bonchev–Trinajstić information content (AvgIpc) is 3.01. The molecule has 1 atom stereocenters. The Labute approximate surface area is 164 Å². The van der Waals surface area contributed by atoms with Crippen molar-refractivity contribution < 1.29 is 13.2 Å². The highest BCUT2D eigenvalue weighted by molar-refractivity contribution is 7.91. The zero-order chi connectivity index (χ0) is 20.3. The van der Waals surface area contributed by atoms with Crippen LogP contribution in [0.5, 0.6) is 0 Å². The van der Waals surface area contributed by atoms with Gasteiger partial charge in [0.15, 0.2) is 9.84 Å². The van der Waals surface area contributed by atoms with Gasteiger partial charge in [-0.3, -0.25) is 4.79 Å². The number of carbonyl (C=O) groups excluding carboxylic acids is 1. The van der Waals surface area contributed by atoms with Crippen LogP contribution in [0.25, 0.3) is 0 Å². The van der Waals surface area contributed by atoms with Gasteiger partial charge in [-0.1, -0.05) is 6.07 Å². The van der Waals surface area contributed by atoms with Gasteiger partial charge in [0.2, 0.25) is 0 Å². The van der Waals surface area contributed by atoms with Crippen LogP contribution >= 0.6 is 0 Å². The Hall–Kier alpha value is -2.99. The molecule has 1 N–H and O–H groups in total. The smallest absolute Gasteiger partial charge is 0.272 e. The maximum absolute atomic E-state index is 13.0. The summed E-state index contributed by atoms with van der Waals surface area (Å²) in [5.41, 5.74) is 1.38. The SMILES string of the molecule is CCN(C(=O)c1cc(Nc2cccc(C#N)c2)nc(C)n1)C1CCS(=O)(=O)C1. The number of benzene rings is 1. The first-order chi connectivity index (χ1) is 13.3.